The number of hydrogen-bond donors (Lipinski definition) is 1. The van der Waals surface area contributed by atoms with Crippen LogP contribution in [0, 0.1) is 12.8 Å². The van der Waals surface area contributed by atoms with Gasteiger partial charge in [0, 0.05) is 12.7 Å². The second-order valence-electron chi connectivity index (χ2n) is 7.69. The van der Waals surface area contributed by atoms with E-state index in [-0.39, 0.29) is 23.1 Å². The first-order valence-corrected chi connectivity index (χ1v) is 11.1. The van der Waals surface area contributed by atoms with Crippen molar-refractivity contribution in [2.24, 2.45) is 5.92 Å². The third-order valence-electron chi connectivity index (χ3n) is 4.96. The maximum Gasteiger partial charge on any atom is 0.277 e. The molecule has 0 radical (unpaired) electrons. The lowest BCUT2D eigenvalue weighted by Gasteiger charge is -2.22. The summed E-state index contributed by atoms with van der Waals surface area (Å²) >= 11 is 0. The summed E-state index contributed by atoms with van der Waals surface area (Å²) in [6.07, 6.45) is 3.10. The van der Waals surface area contributed by atoms with E-state index < -0.39 is 15.9 Å². The Kier molecular flexibility index (Phi) is 5.17. The Morgan fingerprint density at radius 1 is 1.17 bits per heavy atom. The first kappa shape index (κ1) is 20.2. The molecular formula is C21H23N5O3S. The van der Waals surface area contributed by atoms with E-state index in [1.807, 2.05) is 26.8 Å². The number of pyridine rings is 1. The molecule has 1 aliphatic rings. The van der Waals surface area contributed by atoms with Crippen LogP contribution in [-0.2, 0) is 16.6 Å². The van der Waals surface area contributed by atoms with E-state index in [4.69, 9.17) is 0 Å². The van der Waals surface area contributed by atoms with Crippen molar-refractivity contribution in [1.82, 2.24) is 18.8 Å². The summed E-state index contributed by atoms with van der Waals surface area (Å²) in [4.78, 5) is 21.7. The van der Waals surface area contributed by atoms with E-state index in [1.165, 1.54) is 10.6 Å². The zero-order chi connectivity index (χ0) is 21.5. The summed E-state index contributed by atoms with van der Waals surface area (Å²) in [5.74, 6) is 0.145. The average molecular weight is 426 g/mol. The molecule has 3 heterocycles. The minimum Gasteiger partial charge on any atom is -0.305 e. The van der Waals surface area contributed by atoms with Gasteiger partial charge in [-0.1, -0.05) is 32.0 Å². The van der Waals surface area contributed by atoms with Crippen LogP contribution in [0.5, 0.6) is 0 Å². The van der Waals surface area contributed by atoms with Gasteiger partial charge in [-0.15, -0.1) is 0 Å². The Bertz CT molecular complexity index is 1220. The van der Waals surface area contributed by atoms with Crippen molar-refractivity contribution in [2.75, 3.05) is 11.9 Å². The van der Waals surface area contributed by atoms with Crippen LogP contribution in [0.3, 0.4) is 0 Å². The molecule has 0 aliphatic carbocycles. The normalized spacial score (nSPS) is 15.3. The predicted octanol–water partition coefficient (Wildman–Crippen LogP) is 2.99. The number of carbonyl (C=O) groups is 1. The van der Waals surface area contributed by atoms with Gasteiger partial charge in [-0.2, -0.15) is 4.31 Å². The number of hydrogen-bond acceptors (Lipinski definition) is 5. The molecule has 1 aromatic carbocycles. The van der Waals surface area contributed by atoms with Crippen molar-refractivity contribution >= 4 is 21.7 Å². The molecule has 0 bridgehead atoms. The number of aromatic nitrogens is 3. The number of fused-ring (bicyclic) bond motifs is 3. The third kappa shape index (κ3) is 3.50. The van der Waals surface area contributed by atoms with Crippen molar-refractivity contribution in [3.05, 3.63) is 65.9 Å². The van der Waals surface area contributed by atoms with Crippen LogP contribution in [0.2, 0.25) is 0 Å². The third-order valence-corrected chi connectivity index (χ3v) is 6.82. The Balaban J connectivity index is 1.82. The fraction of sp³-hybridized carbons (Fsp3) is 0.286. The molecule has 4 rings (SSSR count). The number of aryl methyl sites for hydroxylation is 1. The van der Waals surface area contributed by atoms with E-state index in [2.05, 4.69) is 15.3 Å². The SMILES string of the molecule is Cc1cccnc1NC(=O)c1ncn2c1CN(CC(C)C)S(=O)(=O)c1ccccc1-2. The molecule has 0 spiro atoms. The molecule has 0 fully saturated rings. The molecule has 0 atom stereocenters. The van der Waals surface area contributed by atoms with Crippen molar-refractivity contribution in [3.8, 4) is 5.69 Å². The molecule has 1 amide bonds. The highest BCUT2D eigenvalue weighted by Crippen LogP contribution is 2.32. The number of benzene rings is 1. The summed E-state index contributed by atoms with van der Waals surface area (Å²) in [6.45, 7) is 6.16. The Hall–Kier alpha value is -3.04. The maximum absolute atomic E-state index is 13.3. The van der Waals surface area contributed by atoms with Gasteiger partial charge in [0.2, 0.25) is 10.0 Å². The molecule has 0 unspecified atom stereocenters. The highest BCUT2D eigenvalue weighted by atomic mass is 32.2. The zero-order valence-corrected chi connectivity index (χ0v) is 17.8. The average Bonchev–Trinajstić information content (AvgIpc) is 3.09. The summed E-state index contributed by atoms with van der Waals surface area (Å²) in [7, 11) is -3.72. The van der Waals surface area contributed by atoms with Crippen LogP contribution in [0.15, 0.2) is 53.8 Å². The maximum atomic E-state index is 13.3. The van der Waals surface area contributed by atoms with Crippen LogP contribution in [0.1, 0.15) is 35.6 Å². The number of sulfonamides is 1. The largest absolute Gasteiger partial charge is 0.305 e. The molecule has 1 N–H and O–H groups in total. The number of rotatable bonds is 4. The highest BCUT2D eigenvalue weighted by Gasteiger charge is 2.35. The Labute approximate surface area is 175 Å². The number of amides is 1. The van der Waals surface area contributed by atoms with Crippen molar-refractivity contribution in [3.63, 3.8) is 0 Å². The summed E-state index contributed by atoms with van der Waals surface area (Å²) in [6, 6.07) is 10.4. The van der Waals surface area contributed by atoms with Gasteiger partial charge in [-0.3, -0.25) is 9.36 Å². The molecule has 8 nitrogen and oxygen atoms in total. The van der Waals surface area contributed by atoms with Gasteiger partial charge in [0.15, 0.2) is 5.69 Å². The van der Waals surface area contributed by atoms with E-state index >= 15 is 0 Å². The monoisotopic (exact) mass is 425 g/mol. The lowest BCUT2D eigenvalue weighted by Crippen LogP contribution is -2.33. The number of imidazole rings is 1. The highest BCUT2D eigenvalue weighted by molar-refractivity contribution is 7.89. The predicted molar refractivity (Wildman–Crippen MR) is 113 cm³/mol. The van der Waals surface area contributed by atoms with Crippen molar-refractivity contribution in [1.29, 1.82) is 0 Å². The lowest BCUT2D eigenvalue weighted by atomic mass is 10.2. The van der Waals surface area contributed by atoms with Gasteiger partial charge in [-0.25, -0.2) is 18.4 Å². The van der Waals surface area contributed by atoms with E-state index in [0.717, 1.165) is 5.56 Å². The molecule has 2 aromatic heterocycles. The van der Waals surface area contributed by atoms with Gasteiger partial charge in [0.1, 0.15) is 17.0 Å². The summed E-state index contributed by atoms with van der Waals surface area (Å²) < 4.78 is 29.8. The Morgan fingerprint density at radius 3 is 2.67 bits per heavy atom. The fourth-order valence-corrected chi connectivity index (χ4v) is 5.29. The van der Waals surface area contributed by atoms with Crippen LogP contribution in [-0.4, -0.2) is 39.7 Å². The minimum atomic E-state index is -3.72. The van der Waals surface area contributed by atoms with E-state index in [1.54, 1.807) is 41.1 Å². The standard InChI is InChI=1S/C21H23N5O3S/c1-14(2)11-25-12-17-19(21(27)24-20-15(3)7-6-10-22-20)23-13-26(17)16-8-4-5-9-18(16)30(25,28)29/h4-10,13-14H,11-12H2,1-3H3,(H,22,24,27). The number of para-hydroxylation sites is 1. The number of nitrogens with one attached hydrogen (secondary N) is 1. The Morgan fingerprint density at radius 2 is 1.93 bits per heavy atom. The fourth-order valence-electron chi connectivity index (χ4n) is 3.54. The summed E-state index contributed by atoms with van der Waals surface area (Å²) in [5.41, 5.74) is 2.01. The van der Waals surface area contributed by atoms with Crippen molar-refractivity contribution in [2.45, 2.75) is 32.2 Å². The molecule has 9 heteroatoms. The second-order valence-corrected chi connectivity index (χ2v) is 9.60. The van der Waals surface area contributed by atoms with Gasteiger partial charge < -0.3 is 5.32 Å². The first-order valence-electron chi connectivity index (χ1n) is 9.67. The molecule has 1 aliphatic heterocycles. The topological polar surface area (TPSA) is 97.2 Å². The summed E-state index contributed by atoms with van der Waals surface area (Å²) in [5, 5.41) is 2.79. The minimum absolute atomic E-state index is 0.0547. The molecule has 0 saturated carbocycles. The first-order chi connectivity index (χ1) is 14.3. The second kappa shape index (κ2) is 7.66. The van der Waals surface area contributed by atoms with Gasteiger partial charge >= 0.3 is 0 Å². The van der Waals surface area contributed by atoms with E-state index in [9.17, 15) is 13.2 Å². The van der Waals surface area contributed by atoms with Crippen LogP contribution >= 0.6 is 0 Å². The number of anilines is 1. The van der Waals surface area contributed by atoms with Crippen LogP contribution in [0.25, 0.3) is 5.69 Å². The lowest BCUT2D eigenvalue weighted by molar-refractivity contribution is 0.102. The smallest absolute Gasteiger partial charge is 0.277 e. The molecule has 3 aromatic rings. The van der Waals surface area contributed by atoms with Crippen LogP contribution in [0.4, 0.5) is 5.82 Å². The quantitative estimate of drug-likeness (QED) is 0.693. The zero-order valence-electron chi connectivity index (χ0n) is 17.0. The molecule has 0 saturated heterocycles. The number of carbonyl (C=O) groups excluding carboxylic acids is 1. The van der Waals surface area contributed by atoms with Gasteiger partial charge in [-0.05, 0) is 36.6 Å². The van der Waals surface area contributed by atoms with Crippen molar-refractivity contribution < 1.29 is 13.2 Å². The van der Waals surface area contributed by atoms with E-state index in [0.29, 0.717) is 23.7 Å². The van der Waals surface area contributed by atoms with Gasteiger partial charge in [0.05, 0.1) is 17.9 Å². The molecular weight excluding hydrogens is 402 g/mol. The van der Waals surface area contributed by atoms with Gasteiger partial charge in [0.25, 0.3) is 5.91 Å². The molecule has 156 valence electrons. The molecule has 30 heavy (non-hydrogen) atoms. The number of nitrogens with zero attached hydrogens (tertiary/aromatic N) is 4. The van der Waals surface area contributed by atoms with Crippen LogP contribution < -0.4 is 5.32 Å².